The summed E-state index contributed by atoms with van der Waals surface area (Å²) in [5.74, 6) is 0. The number of thiazole rings is 1. The number of aromatic nitrogens is 3. The van der Waals surface area contributed by atoms with Crippen LogP contribution in [0.4, 0.5) is 10.3 Å². The molecule has 96 valence electrons. The lowest BCUT2D eigenvalue weighted by molar-refractivity contribution is 0.949. The van der Waals surface area contributed by atoms with E-state index < -0.39 is 0 Å². The van der Waals surface area contributed by atoms with Gasteiger partial charge in [0.05, 0.1) is 10.6 Å². The van der Waals surface area contributed by atoms with Crippen molar-refractivity contribution in [3.63, 3.8) is 0 Å². The Morgan fingerprint density at radius 2 is 1.94 bits per heavy atom. The van der Waals surface area contributed by atoms with Gasteiger partial charge in [0, 0.05) is 20.1 Å². The summed E-state index contributed by atoms with van der Waals surface area (Å²) in [5.41, 5.74) is 1.06. The van der Waals surface area contributed by atoms with Crippen LogP contribution < -0.4 is 10.2 Å². The lowest BCUT2D eigenvalue weighted by Crippen LogP contribution is -2.17. The molecule has 0 unspecified atom stereocenters. The molecule has 0 bridgehead atoms. The van der Waals surface area contributed by atoms with E-state index in [2.05, 4.69) is 25.4 Å². The van der Waals surface area contributed by atoms with Crippen molar-refractivity contribution in [2.24, 2.45) is 0 Å². The van der Waals surface area contributed by atoms with Gasteiger partial charge in [-0.1, -0.05) is 22.7 Å². The standard InChI is InChI=1S/C11H15N5S2/c1-7-8(9-14-15-10(12-2)18-9)17-11(13-7)16-5-3-4-6-16/h3-6H2,1-2H3,(H,12,15). The SMILES string of the molecule is CNc1nnc(-c2sc(N3CCCC3)nc2C)s1. The van der Waals surface area contributed by atoms with Crippen LogP contribution in [0.2, 0.25) is 0 Å². The molecule has 1 aliphatic heterocycles. The minimum absolute atomic E-state index is 0.848. The summed E-state index contributed by atoms with van der Waals surface area (Å²) in [6.07, 6.45) is 2.55. The summed E-state index contributed by atoms with van der Waals surface area (Å²) in [6.45, 7) is 4.31. The van der Waals surface area contributed by atoms with E-state index in [-0.39, 0.29) is 0 Å². The molecule has 3 rings (SSSR count). The molecule has 0 saturated carbocycles. The summed E-state index contributed by atoms with van der Waals surface area (Å²) in [5, 5.41) is 14.2. The van der Waals surface area contributed by atoms with E-state index in [9.17, 15) is 0 Å². The highest BCUT2D eigenvalue weighted by Crippen LogP contribution is 2.37. The lowest BCUT2D eigenvalue weighted by Gasteiger charge is -2.11. The molecule has 1 fully saturated rings. The summed E-state index contributed by atoms with van der Waals surface area (Å²) in [7, 11) is 1.86. The molecule has 1 N–H and O–H groups in total. The molecule has 0 aliphatic carbocycles. The molecule has 0 aromatic carbocycles. The second kappa shape index (κ2) is 4.81. The normalized spacial score (nSPS) is 15.3. The van der Waals surface area contributed by atoms with E-state index in [1.54, 1.807) is 22.7 Å². The van der Waals surface area contributed by atoms with Gasteiger partial charge in [-0.15, -0.1) is 10.2 Å². The Kier molecular flexibility index (Phi) is 3.17. The number of hydrogen-bond acceptors (Lipinski definition) is 7. The van der Waals surface area contributed by atoms with Gasteiger partial charge in [0.25, 0.3) is 0 Å². The molecule has 1 aliphatic rings. The Hall–Kier alpha value is -1.21. The smallest absolute Gasteiger partial charge is 0.205 e. The Morgan fingerprint density at radius 3 is 2.61 bits per heavy atom. The largest absolute Gasteiger partial charge is 0.363 e. The van der Waals surface area contributed by atoms with Gasteiger partial charge in [0.1, 0.15) is 0 Å². The van der Waals surface area contributed by atoms with Crippen LogP contribution in [0.15, 0.2) is 0 Å². The predicted octanol–water partition coefficient (Wildman–Crippen LogP) is 2.61. The molecule has 0 radical (unpaired) electrons. The summed E-state index contributed by atoms with van der Waals surface area (Å²) < 4.78 is 0. The molecule has 3 heterocycles. The second-order valence-electron chi connectivity index (χ2n) is 4.27. The molecule has 5 nitrogen and oxygen atoms in total. The molecular formula is C11H15N5S2. The summed E-state index contributed by atoms with van der Waals surface area (Å²) >= 11 is 3.30. The Morgan fingerprint density at radius 1 is 1.17 bits per heavy atom. The fraction of sp³-hybridized carbons (Fsp3) is 0.545. The number of nitrogens with one attached hydrogen (secondary N) is 1. The van der Waals surface area contributed by atoms with Gasteiger partial charge in [-0.05, 0) is 19.8 Å². The second-order valence-corrected chi connectivity index (χ2v) is 6.22. The minimum atomic E-state index is 0.848. The first kappa shape index (κ1) is 11.9. The van der Waals surface area contributed by atoms with Gasteiger partial charge in [-0.25, -0.2) is 4.98 Å². The molecule has 1 saturated heterocycles. The first-order chi connectivity index (χ1) is 8.78. The molecular weight excluding hydrogens is 266 g/mol. The molecule has 0 spiro atoms. The fourth-order valence-corrected chi connectivity index (χ4v) is 3.98. The topological polar surface area (TPSA) is 53.9 Å². The Balaban J connectivity index is 1.92. The number of hydrogen-bond donors (Lipinski definition) is 1. The van der Waals surface area contributed by atoms with Crippen LogP contribution in [-0.2, 0) is 0 Å². The lowest BCUT2D eigenvalue weighted by atomic mass is 10.4. The summed E-state index contributed by atoms with van der Waals surface area (Å²) in [6, 6.07) is 0. The van der Waals surface area contributed by atoms with Gasteiger partial charge in [0.15, 0.2) is 10.1 Å². The van der Waals surface area contributed by atoms with Crippen LogP contribution in [0, 0.1) is 6.92 Å². The number of rotatable bonds is 3. The zero-order valence-corrected chi connectivity index (χ0v) is 12.1. The Bertz CT molecular complexity index is 541. The quantitative estimate of drug-likeness (QED) is 0.937. The minimum Gasteiger partial charge on any atom is -0.363 e. The van der Waals surface area contributed by atoms with Crippen molar-refractivity contribution in [2.45, 2.75) is 19.8 Å². The third-order valence-electron chi connectivity index (χ3n) is 2.99. The van der Waals surface area contributed by atoms with Crippen LogP contribution in [-0.4, -0.2) is 35.3 Å². The average Bonchev–Trinajstić information content (AvgIpc) is 3.08. The van der Waals surface area contributed by atoms with Crippen molar-refractivity contribution in [3.8, 4) is 9.88 Å². The maximum absolute atomic E-state index is 4.67. The third-order valence-corrected chi connectivity index (χ3v) is 5.31. The van der Waals surface area contributed by atoms with E-state index in [1.807, 2.05) is 14.0 Å². The van der Waals surface area contributed by atoms with Gasteiger partial charge in [-0.2, -0.15) is 0 Å². The van der Waals surface area contributed by atoms with Crippen LogP contribution >= 0.6 is 22.7 Å². The Labute approximate surface area is 114 Å². The van der Waals surface area contributed by atoms with Crippen molar-refractivity contribution in [3.05, 3.63) is 5.69 Å². The molecule has 7 heteroatoms. The molecule has 2 aromatic heterocycles. The van der Waals surface area contributed by atoms with Crippen LogP contribution in [0.25, 0.3) is 9.88 Å². The number of anilines is 2. The van der Waals surface area contributed by atoms with Crippen molar-refractivity contribution in [1.29, 1.82) is 0 Å². The highest BCUT2D eigenvalue weighted by Gasteiger charge is 2.20. The van der Waals surface area contributed by atoms with Crippen LogP contribution in [0.1, 0.15) is 18.5 Å². The zero-order chi connectivity index (χ0) is 12.5. The van der Waals surface area contributed by atoms with Crippen molar-refractivity contribution in [1.82, 2.24) is 15.2 Å². The fourth-order valence-electron chi connectivity index (χ4n) is 2.04. The van der Waals surface area contributed by atoms with Gasteiger partial charge in [-0.3, -0.25) is 0 Å². The van der Waals surface area contributed by atoms with E-state index >= 15 is 0 Å². The number of aryl methyl sites for hydroxylation is 1. The van der Waals surface area contributed by atoms with Crippen LogP contribution in [0.3, 0.4) is 0 Å². The first-order valence-electron chi connectivity index (χ1n) is 6.02. The maximum atomic E-state index is 4.67. The summed E-state index contributed by atoms with van der Waals surface area (Å²) in [4.78, 5) is 8.18. The monoisotopic (exact) mass is 281 g/mol. The van der Waals surface area contributed by atoms with E-state index in [0.29, 0.717) is 0 Å². The van der Waals surface area contributed by atoms with Gasteiger partial charge < -0.3 is 10.2 Å². The average molecular weight is 281 g/mol. The molecule has 0 amide bonds. The molecule has 0 atom stereocenters. The first-order valence-corrected chi connectivity index (χ1v) is 7.65. The van der Waals surface area contributed by atoms with Gasteiger partial charge in [0.2, 0.25) is 5.13 Å². The maximum Gasteiger partial charge on any atom is 0.205 e. The van der Waals surface area contributed by atoms with Crippen molar-refractivity contribution in [2.75, 3.05) is 30.4 Å². The van der Waals surface area contributed by atoms with E-state index in [0.717, 1.165) is 38.9 Å². The van der Waals surface area contributed by atoms with E-state index in [4.69, 9.17) is 0 Å². The zero-order valence-electron chi connectivity index (χ0n) is 10.4. The van der Waals surface area contributed by atoms with Crippen LogP contribution in [0.5, 0.6) is 0 Å². The predicted molar refractivity (Wildman–Crippen MR) is 76.7 cm³/mol. The third kappa shape index (κ3) is 2.08. The van der Waals surface area contributed by atoms with Crippen molar-refractivity contribution < 1.29 is 0 Å². The highest BCUT2D eigenvalue weighted by molar-refractivity contribution is 7.25. The molecule has 2 aromatic rings. The number of nitrogens with zero attached hydrogens (tertiary/aromatic N) is 4. The van der Waals surface area contributed by atoms with Crippen molar-refractivity contribution >= 4 is 32.9 Å². The highest BCUT2D eigenvalue weighted by atomic mass is 32.1. The van der Waals surface area contributed by atoms with E-state index in [1.165, 1.54) is 12.8 Å². The van der Waals surface area contributed by atoms with Gasteiger partial charge >= 0.3 is 0 Å². The molecule has 18 heavy (non-hydrogen) atoms.